The summed E-state index contributed by atoms with van der Waals surface area (Å²) in [5.74, 6) is -0.962. The molecule has 0 bridgehead atoms. The van der Waals surface area contributed by atoms with Gasteiger partial charge in [0.1, 0.15) is 52.9 Å². The summed E-state index contributed by atoms with van der Waals surface area (Å²) in [6, 6.07) is 10.3. The minimum Gasteiger partial charge on any atom is -0.486 e. The van der Waals surface area contributed by atoms with Gasteiger partial charge in [0, 0.05) is 24.3 Å². The van der Waals surface area contributed by atoms with Gasteiger partial charge in [0.15, 0.2) is 23.0 Å². The topological polar surface area (TPSA) is 142 Å². The molecular formula is C32H34O12. The van der Waals surface area contributed by atoms with Crippen molar-refractivity contribution in [3.05, 3.63) is 87.0 Å². The number of rotatable bonds is 21. The SMILES string of the molecule is C=CC(=O)OCCOc1ccc(-c2ccc(OCCOC(=O)C=C)c(OCCOC(=O)C=C)c2)cc1OCCOC(=O)C=C. The molecule has 0 N–H and O–H groups in total. The van der Waals surface area contributed by atoms with Crippen LogP contribution in [-0.2, 0) is 38.1 Å². The maximum atomic E-state index is 11.4. The van der Waals surface area contributed by atoms with Crippen LogP contribution >= 0.6 is 0 Å². The Labute approximate surface area is 255 Å². The van der Waals surface area contributed by atoms with Gasteiger partial charge in [0.25, 0.3) is 0 Å². The van der Waals surface area contributed by atoms with Crippen LogP contribution in [0.3, 0.4) is 0 Å². The molecule has 0 saturated carbocycles. The van der Waals surface area contributed by atoms with E-state index in [1.807, 2.05) is 0 Å². The fourth-order valence-electron chi connectivity index (χ4n) is 3.25. The molecule has 0 aliphatic rings. The second kappa shape index (κ2) is 19.6. The van der Waals surface area contributed by atoms with Crippen molar-refractivity contribution in [3.8, 4) is 34.1 Å². The van der Waals surface area contributed by atoms with E-state index in [1.165, 1.54) is 0 Å². The predicted octanol–water partition coefficient (Wildman–Crippen LogP) is 3.79. The van der Waals surface area contributed by atoms with Crippen LogP contribution in [0.15, 0.2) is 87.0 Å². The summed E-state index contributed by atoms with van der Waals surface area (Å²) in [6.45, 7) is 13.4. The zero-order valence-electron chi connectivity index (χ0n) is 24.2. The van der Waals surface area contributed by atoms with E-state index >= 15 is 0 Å². The Kier molecular flexibility index (Phi) is 15.4. The molecule has 0 amide bonds. The Balaban J connectivity index is 2.27. The lowest BCUT2D eigenvalue weighted by molar-refractivity contribution is -0.139. The van der Waals surface area contributed by atoms with Crippen LogP contribution < -0.4 is 18.9 Å². The third-order valence-electron chi connectivity index (χ3n) is 5.23. The van der Waals surface area contributed by atoms with Crippen molar-refractivity contribution in [1.82, 2.24) is 0 Å². The molecule has 2 aromatic carbocycles. The average molecular weight is 611 g/mol. The monoisotopic (exact) mass is 610 g/mol. The van der Waals surface area contributed by atoms with Crippen molar-refractivity contribution in [3.63, 3.8) is 0 Å². The molecule has 234 valence electrons. The van der Waals surface area contributed by atoms with E-state index in [-0.39, 0.29) is 52.9 Å². The number of benzene rings is 2. The van der Waals surface area contributed by atoms with E-state index in [9.17, 15) is 19.2 Å². The molecule has 2 rings (SSSR count). The molecule has 12 heteroatoms. The first-order valence-electron chi connectivity index (χ1n) is 13.3. The number of hydrogen-bond acceptors (Lipinski definition) is 12. The summed E-state index contributed by atoms with van der Waals surface area (Å²) in [5.41, 5.74) is 1.39. The highest BCUT2D eigenvalue weighted by Crippen LogP contribution is 2.37. The smallest absolute Gasteiger partial charge is 0.330 e. The first kappa shape index (κ1) is 34.7. The van der Waals surface area contributed by atoms with E-state index in [0.717, 1.165) is 24.3 Å². The van der Waals surface area contributed by atoms with Gasteiger partial charge in [-0.3, -0.25) is 0 Å². The molecule has 0 aliphatic carbocycles. The third-order valence-corrected chi connectivity index (χ3v) is 5.23. The Morgan fingerprint density at radius 3 is 0.977 bits per heavy atom. The second-order valence-electron chi connectivity index (χ2n) is 8.20. The largest absolute Gasteiger partial charge is 0.486 e. The lowest BCUT2D eigenvalue weighted by atomic mass is 10.0. The molecule has 12 nitrogen and oxygen atoms in total. The van der Waals surface area contributed by atoms with Gasteiger partial charge in [0.05, 0.1) is 0 Å². The predicted molar refractivity (Wildman–Crippen MR) is 158 cm³/mol. The van der Waals surface area contributed by atoms with Crippen LogP contribution in [0.1, 0.15) is 0 Å². The minimum absolute atomic E-state index is 0.0138. The summed E-state index contributed by atoms with van der Waals surface area (Å²) in [5, 5.41) is 0. The van der Waals surface area contributed by atoms with Crippen LogP contribution in [-0.4, -0.2) is 76.7 Å². The van der Waals surface area contributed by atoms with Gasteiger partial charge in [-0.05, 0) is 35.4 Å². The highest BCUT2D eigenvalue weighted by molar-refractivity contribution is 5.82. The average Bonchev–Trinajstić information content (AvgIpc) is 3.05. The molecule has 0 spiro atoms. The van der Waals surface area contributed by atoms with Crippen molar-refractivity contribution in [2.24, 2.45) is 0 Å². The number of carbonyl (C=O) groups is 4. The molecule has 0 aromatic heterocycles. The van der Waals surface area contributed by atoms with Crippen molar-refractivity contribution < 1.29 is 57.1 Å². The summed E-state index contributed by atoms with van der Waals surface area (Å²) in [7, 11) is 0. The third kappa shape index (κ3) is 12.6. The van der Waals surface area contributed by atoms with E-state index in [2.05, 4.69) is 26.3 Å². The molecule has 0 fully saturated rings. The fraction of sp³-hybridized carbons (Fsp3) is 0.250. The highest BCUT2D eigenvalue weighted by atomic mass is 16.6. The Morgan fingerprint density at radius 1 is 0.432 bits per heavy atom. The van der Waals surface area contributed by atoms with Gasteiger partial charge in [-0.2, -0.15) is 0 Å². The second-order valence-corrected chi connectivity index (χ2v) is 8.20. The van der Waals surface area contributed by atoms with Gasteiger partial charge in [-0.15, -0.1) is 0 Å². The lowest BCUT2D eigenvalue weighted by Gasteiger charge is -2.16. The van der Waals surface area contributed by atoms with Gasteiger partial charge >= 0.3 is 23.9 Å². The van der Waals surface area contributed by atoms with Crippen LogP contribution in [0, 0.1) is 0 Å². The standard InChI is InChI=1S/C32H34O12/c1-5-29(33)41-17-13-37-25-11-9-23(21-27(25)39-15-19-43-31(35)7-3)24-10-12-26(38-14-18-42-30(34)6-2)28(22-24)40-16-20-44-32(36)8-4/h5-12,21-22H,1-4,13-20H2. The summed E-state index contributed by atoms with van der Waals surface area (Å²) in [6.07, 6.45) is 4.19. The van der Waals surface area contributed by atoms with Crippen LogP contribution in [0.5, 0.6) is 23.0 Å². The quantitative estimate of drug-likeness (QED) is 0.0878. The molecule has 44 heavy (non-hydrogen) atoms. The molecule has 0 aliphatic heterocycles. The number of carbonyl (C=O) groups excluding carboxylic acids is 4. The fourth-order valence-corrected chi connectivity index (χ4v) is 3.25. The van der Waals surface area contributed by atoms with E-state index in [4.69, 9.17) is 37.9 Å². The maximum Gasteiger partial charge on any atom is 0.330 e. The van der Waals surface area contributed by atoms with Gasteiger partial charge < -0.3 is 37.9 Å². The summed E-state index contributed by atoms with van der Waals surface area (Å²) >= 11 is 0. The zero-order chi connectivity index (χ0) is 32.2. The van der Waals surface area contributed by atoms with Gasteiger partial charge in [0.2, 0.25) is 0 Å². The first-order chi connectivity index (χ1) is 21.3. The summed E-state index contributed by atoms with van der Waals surface area (Å²) < 4.78 is 43.0. The first-order valence-corrected chi connectivity index (χ1v) is 13.3. The normalized spacial score (nSPS) is 9.91. The highest BCUT2D eigenvalue weighted by Gasteiger charge is 2.13. The van der Waals surface area contributed by atoms with Crippen LogP contribution in [0.2, 0.25) is 0 Å². The number of esters is 4. The molecule has 0 unspecified atom stereocenters. The molecule has 0 atom stereocenters. The molecule has 0 heterocycles. The maximum absolute atomic E-state index is 11.4. The Morgan fingerprint density at radius 2 is 0.705 bits per heavy atom. The molecule has 0 radical (unpaired) electrons. The zero-order valence-corrected chi connectivity index (χ0v) is 24.2. The summed E-state index contributed by atoms with van der Waals surface area (Å²) in [4.78, 5) is 45.3. The molecule has 2 aromatic rings. The van der Waals surface area contributed by atoms with E-state index in [1.54, 1.807) is 36.4 Å². The van der Waals surface area contributed by atoms with Crippen LogP contribution in [0.25, 0.3) is 11.1 Å². The van der Waals surface area contributed by atoms with Gasteiger partial charge in [-0.25, -0.2) is 19.2 Å². The van der Waals surface area contributed by atoms with Gasteiger partial charge in [-0.1, -0.05) is 38.4 Å². The van der Waals surface area contributed by atoms with E-state index < -0.39 is 23.9 Å². The van der Waals surface area contributed by atoms with E-state index in [0.29, 0.717) is 34.1 Å². The van der Waals surface area contributed by atoms with Crippen molar-refractivity contribution in [1.29, 1.82) is 0 Å². The van der Waals surface area contributed by atoms with Crippen LogP contribution in [0.4, 0.5) is 0 Å². The van der Waals surface area contributed by atoms with Crippen molar-refractivity contribution >= 4 is 23.9 Å². The van der Waals surface area contributed by atoms with Crippen molar-refractivity contribution in [2.45, 2.75) is 0 Å². The lowest BCUT2D eigenvalue weighted by Crippen LogP contribution is -2.13. The van der Waals surface area contributed by atoms with Crippen molar-refractivity contribution in [2.75, 3.05) is 52.9 Å². The number of ether oxygens (including phenoxy) is 8. The molecule has 0 saturated heterocycles. The molecular weight excluding hydrogens is 576 g/mol. The number of hydrogen-bond donors (Lipinski definition) is 0. The Bertz CT molecular complexity index is 1230. The minimum atomic E-state index is -0.587. The Hall–Kier alpha value is -5.52.